The zero-order chi connectivity index (χ0) is 14.4. The van der Waals surface area contributed by atoms with E-state index in [0.717, 1.165) is 0 Å². The van der Waals surface area contributed by atoms with Crippen molar-refractivity contribution in [3.8, 4) is 0 Å². The van der Waals surface area contributed by atoms with Gasteiger partial charge in [-0.25, -0.2) is 14.8 Å². The second kappa shape index (κ2) is 6.67. The molecule has 0 spiro atoms. The maximum atomic E-state index is 11.6. The summed E-state index contributed by atoms with van der Waals surface area (Å²) in [6.45, 7) is 6.42. The second-order valence-corrected chi connectivity index (χ2v) is 3.93. The Labute approximate surface area is 111 Å². The number of rotatable bonds is 6. The summed E-state index contributed by atoms with van der Waals surface area (Å²) in [5.41, 5.74) is -0.00301. The summed E-state index contributed by atoms with van der Waals surface area (Å²) < 4.78 is 0. The van der Waals surface area contributed by atoms with Crippen molar-refractivity contribution in [3.63, 3.8) is 0 Å². The summed E-state index contributed by atoms with van der Waals surface area (Å²) in [6.07, 6.45) is 1.26. The van der Waals surface area contributed by atoms with Gasteiger partial charge < -0.3 is 15.3 Å². The van der Waals surface area contributed by atoms with Gasteiger partial charge in [0.1, 0.15) is 17.2 Å². The smallest absolute Gasteiger partial charge is 0.341 e. The molecule has 2 N–H and O–H groups in total. The van der Waals surface area contributed by atoms with Crippen LogP contribution in [-0.2, 0) is 4.79 Å². The van der Waals surface area contributed by atoms with Crippen molar-refractivity contribution in [1.82, 2.24) is 15.3 Å². The van der Waals surface area contributed by atoms with Crippen molar-refractivity contribution in [2.24, 2.45) is 0 Å². The third-order valence-electron chi connectivity index (χ3n) is 2.51. The molecule has 1 aromatic rings. The van der Waals surface area contributed by atoms with Crippen LogP contribution in [0.5, 0.6) is 0 Å². The van der Waals surface area contributed by atoms with Crippen molar-refractivity contribution in [2.75, 3.05) is 24.5 Å². The van der Waals surface area contributed by atoms with Gasteiger partial charge in [0.05, 0.1) is 6.54 Å². The molecule has 0 aromatic carbocycles. The number of nitrogens with one attached hydrogen (secondary N) is 1. The number of carbonyl (C=O) groups excluding carboxylic acids is 1. The van der Waals surface area contributed by atoms with E-state index in [0.29, 0.717) is 18.9 Å². The molecular formula is C12H18N4O3. The lowest BCUT2D eigenvalue weighted by Crippen LogP contribution is -2.38. The van der Waals surface area contributed by atoms with Crippen molar-refractivity contribution in [3.05, 3.63) is 17.6 Å². The Morgan fingerprint density at radius 1 is 1.42 bits per heavy atom. The molecule has 0 aliphatic heterocycles. The van der Waals surface area contributed by atoms with Crippen LogP contribution in [0.25, 0.3) is 0 Å². The van der Waals surface area contributed by atoms with Gasteiger partial charge in [0, 0.05) is 19.3 Å². The number of hydrogen-bond acceptors (Lipinski definition) is 5. The van der Waals surface area contributed by atoms with E-state index in [1.807, 2.05) is 13.8 Å². The fourth-order valence-corrected chi connectivity index (χ4v) is 1.61. The molecule has 0 unspecified atom stereocenters. The average molecular weight is 266 g/mol. The molecule has 0 fully saturated rings. The van der Waals surface area contributed by atoms with Gasteiger partial charge >= 0.3 is 5.97 Å². The van der Waals surface area contributed by atoms with Crippen LogP contribution < -0.4 is 10.2 Å². The third-order valence-corrected chi connectivity index (χ3v) is 2.51. The first kappa shape index (κ1) is 14.9. The Bertz CT molecular complexity index is 476. The van der Waals surface area contributed by atoms with Crippen LogP contribution in [0.1, 0.15) is 30.0 Å². The van der Waals surface area contributed by atoms with E-state index in [1.54, 1.807) is 11.8 Å². The van der Waals surface area contributed by atoms with Crippen LogP contribution in [0.4, 0.5) is 5.82 Å². The standard InChI is InChI=1S/C12H18N4O3/c1-4-13-10(17)7-16(5-2)11-9(12(18)19)6-14-8(3)15-11/h6H,4-5,7H2,1-3H3,(H,13,17)(H,18,19). The van der Waals surface area contributed by atoms with Crippen LogP contribution in [0.3, 0.4) is 0 Å². The van der Waals surface area contributed by atoms with E-state index in [9.17, 15) is 9.59 Å². The third kappa shape index (κ3) is 3.90. The zero-order valence-electron chi connectivity index (χ0n) is 11.3. The predicted octanol–water partition coefficient (Wildman–Crippen LogP) is 0.446. The Morgan fingerprint density at radius 3 is 2.63 bits per heavy atom. The van der Waals surface area contributed by atoms with Crippen molar-refractivity contribution < 1.29 is 14.7 Å². The number of carbonyl (C=O) groups is 2. The number of likely N-dealkylation sites (N-methyl/N-ethyl adjacent to an activating group) is 2. The van der Waals surface area contributed by atoms with Crippen LogP contribution >= 0.6 is 0 Å². The van der Waals surface area contributed by atoms with Crippen molar-refractivity contribution in [1.29, 1.82) is 0 Å². The fourth-order valence-electron chi connectivity index (χ4n) is 1.61. The maximum absolute atomic E-state index is 11.6. The molecule has 0 aliphatic rings. The number of nitrogens with zero attached hydrogens (tertiary/aromatic N) is 3. The van der Waals surface area contributed by atoms with Gasteiger partial charge in [0.15, 0.2) is 0 Å². The number of aryl methyl sites for hydroxylation is 1. The van der Waals surface area contributed by atoms with Gasteiger partial charge in [-0.2, -0.15) is 0 Å². The van der Waals surface area contributed by atoms with Crippen molar-refractivity contribution >= 4 is 17.7 Å². The lowest BCUT2D eigenvalue weighted by Gasteiger charge is -2.22. The topological polar surface area (TPSA) is 95.4 Å². The number of aromatic carboxylic acids is 1. The zero-order valence-corrected chi connectivity index (χ0v) is 11.3. The largest absolute Gasteiger partial charge is 0.477 e. The molecule has 1 heterocycles. The molecule has 104 valence electrons. The molecule has 0 aliphatic carbocycles. The normalized spacial score (nSPS) is 10.1. The first-order chi connectivity index (χ1) is 8.99. The molecule has 0 bridgehead atoms. The Hall–Kier alpha value is -2.18. The molecule has 7 nitrogen and oxygen atoms in total. The first-order valence-electron chi connectivity index (χ1n) is 6.08. The van der Waals surface area contributed by atoms with E-state index in [4.69, 9.17) is 5.11 Å². The van der Waals surface area contributed by atoms with Crippen LogP contribution in [0, 0.1) is 6.92 Å². The molecule has 0 saturated carbocycles. The van der Waals surface area contributed by atoms with Gasteiger partial charge in [0.2, 0.25) is 5.91 Å². The summed E-state index contributed by atoms with van der Waals surface area (Å²) in [5, 5.41) is 11.8. The molecule has 0 atom stereocenters. The Morgan fingerprint density at radius 2 is 2.11 bits per heavy atom. The molecule has 0 radical (unpaired) electrons. The summed E-state index contributed by atoms with van der Waals surface area (Å²) in [6, 6.07) is 0. The highest BCUT2D eigenvalue weighted by atomic mass is 16.4. The lowest BCUT2D eigenvalue weighted by atomic mass is 10.2. The quantitative estimate of drug-likeness (QED) is 0.776. The number of anilines is 1. The van der Waals surface area contributed by atoms with Crippen LogP contribution in [0.15, 0.2) is 6.20 Å². The minimum Gasteiger partial charge on any atom is -0.477 e. The minimum atomic E-state index is -1.11. The number of amides is 1. The number of carboxylic acids is 1. The molecule has 7 heteroatoms. The second-order valence-electron chi connectivity index (χ2n) is 3.93. The van der Waals surface area contributed by atoms with Crippen LogP contribution in [-0.4, -0.2) is 46.6 Å². The fraction of sp³-hybridized carbons (Fsp3) is 0.500. The number of hydrogen-bond donors (Lipinski definition) is 2. The summed E-state index contributed by atoms with van der Waals surface area (Å²) in [7, 11) is 0. The first-order valence-corrected chi connectivity index (χ1v) is 6.08. The number of carboxylic acid groups (broad SMARTS) is 1. The lowest BCUT2D eigenvalue weighted by molar-refractivity contribution is -0.119. The van der Waals surface area contributed by atoms with E-state index < -0.39 is 5.97 Å². The van der Waals surface area contributed by atoms with E-state index in [-0.39, 0.29) is 23.8 Å². The molecule has 1 amide bonds. The van der Waals surface area contributed by atoms with Gasteiger partial charge in [-0.3, -0.25) is 4.79 Å². The van der Waals surface area contributed by atoms with Gasteiger partial charge in [-0.05, 0) is 20.8 Å². The van der Waals surface area contributed by atoms with Gasteiger partial charge in [-0.1, -0.05) is 0 Å². The summed E-state index contributed by atoms with van der Waals surface area (Å²) in [4.78, 5) is 32.4. The maximum Gasteiger partial charge on any atom is 0.341 e. The van der Waals surface area contributed by atoms with Gasteiger partial charge in [-0.15, -0.1) is 0 Å². The Kier molecular flexibility index (Phi) is 5.23. The average Bonchev–Trinajstić information content (AvgIpc) is 2.35. The number of aromatic nitrogens is 2. The molecule has 1 aromatic heterocycles. The molecular weight excluding hydrogens is 248 g/mol. The predicted molar refractivity (Wildman–Crippen MR) is 70.3 cm³/mol. The minimum absolute atomic E-state index is 0.00301. The monoisotopic (exact) mass is 266 g/mol. The highest BCUT2D eigenvalue weighted by molar-refractivity contribution is 5.94. The van der Waals surface area contributed by atoms with Crippen molar-refractivity contribution in [2.45, 2.75) is 20.8 Å². The molecule has 19 heavy (non-hydrogen) atoms. The summed E-state index contributed by atoms with van der Waals surface area (Å²) in [5.74, 6) is -0.538. The molecule has 0 saturated heterocycles. The molecule has 1 rings (SSSR count). The van der Waals surface area contributed by atoms with Crippen LogP contribution in [0.2, 0.25) is 0 Å². The Balaban J connectivity index is 3.06. The van der Waals surface area contributed by atoms with E-state index in [2.05, 4.69) is 15.3 Å². The van der Waals surface area contributed by atoms with E-state index in [1.165, 1.54) is 6.20 Å². The summed E-state index contributed by atoms with van der Waals surface area (Å²) >= 11 is 0. The van der Waals surface area contributed by atoms with E-state index >= 15 is 0 Å². The SMILES string of the molecule is CCNC(=O)CN(CC)c1nc(C)ncc1C(=O)O. The highest BCUT2D eigenvalue weighted by Crippen LogP contribution is 2.16. The van der Waals surface area contributed by atoms with Gasteiger partial charge in [0.25, 0.3) is 0 Å². The highest BCUT2D eigenvalue weighted by Gasteiger charge is 2.19.